The number of hydrogen-bond donors (Lipinski definition) is 0. The molecular formula is C7H2F3IN2O4. The third-order valence-corrected chi connectivity index (χ3v) is 2.26. The van der Waals surface area contributed by atoms with Crippen LogP contribution in [0.2, 0.25) is 0 Å². The van der Waals surface area contributed by atoms with Crippen molar-refractivity contribution in [2.75, 3.05) is 0 Å². The summed E-state index contributed by atoms with van der Waals surface area (Å²) < 4.78 is 39.2. The summed E-state index contributed by atoms with van der Waals surface area (Å²) >= 11 is 1.48. The van der Waals surface area contributed by atoms with Crippen LogP contribution in [0.1, 0.15) is 10.4 Å². The van der Waals surface area contributed by atoms with Gasteiger partial charge in [-0.2, -0.15) is 0 Å². The SMILES string of the molecule is O=Cc1cc(I)c([N+](=O)[O-])nc1OC(F)(F)F. The van der Waals surface area contributed by atoms with Gasteiger partial charge in [0.1, 0.15) is 9.13 Å². The molecule has 92 valence electrons. The van der Waals surface area contributed by atoms with Crippen molar-refractivity contribution in [2.45, 2.75) is 6.36 Å². The molecule has 0 unspecified atom stereocenters. The molecule has 0 N–H and O–H groups in total. The number of hydrogen-bond acceptors (Lipinski definition) is 5. The predicted molar refractivity (Wildman–Crippen MR) is 55.7 cm³/mol. The van der Waals surface area contributed by atoms with Crippen LogP contribution in [-0.4, -0.2) is 22.6 Å². The molecule has 0 aliphatic rings. The number of carbonyl (C=O) groups excluding carboxylic acids is 1. The second-order valence-corrected chi connectivity index (χ2v) is 3.77. The first-order valence-corrected chi connectivity index (χ1v) is 4.88. The monoisotopic (exact) mass is 362 g/mol. The Hall–Kier alpha value is -1.46. The molecule has 10 heteroatoms. The van der Waals surface area contributed by atoms with Crippen molar-refractivity contribution in [1.29, 1.82) is 0 Å². The van der Waals surface area contributed by atoms with Crippen molar-refractivity contribution in [2.24, 2.45) is 0 Å². The van der Waals surface area contributed by atoms with Gasteiger partial charge < -0.3 is 14.9 Å². The Kier molecular flexibility index (Phi) is 3.85. The number of aromatic nitrogens is 1. The van der Waals surface area contributed by atoms with E-state index in [9.17, 15) is 28.1 Å². The number of nitro groups is 1. The molecule has 0 aliphatic carbocycles. The molecule has 0 saturated heterocycles. The number of carbonyl (C=O) groups is 1. The number of aldehydes is 1. The van der Waals surface area contributed by atoms with Crippen molar-refractivity contribution in [1.82, 2.24) is 4.98 Å². The maximum absolute atomic E-state index is 11.9. The molecule has 0 saturated carbocycles. The van der Waals surface area contributed by atoms with Crippen LogP contribution in [-0.2, 0) is 0 Å². The zero-order valence-electron chi connectivity index (χ0n) is 7.69. The first-order chi connectivity index (χ1) is 7.74. The molecule has 1 aromatic rings. The van der Waals surface area contributed by atoms with E-state index in [4.69, 9.17) is 0 Å². The van der Waals surface area contributed by atoms with Gasteiger partial charge in [-0.15, -0.1) is 13.2 Å². The van der Waals surface area contributed by atoms with Crippen LogP contribution in [0.15, 0.2) is 6.07 Å². The molecule has 0 spiro atoms. The summed E-state index contributed by atoms with van der Waals surface area (Å²) in [5, 5.41) is 10.5. The fourth-order valence-electron chi connectivity index (χ4n) is 0.881. The molecule has 6 nitrogen and oxygen atoms in total. The van der Waals surface area contributed by atoms with Crippen LogP contribution < -0.4 is 4.74 Å². The van der Waals surface area contributed by atoms with Crippen molar-refractivity contribution < 1.29 is 27.6 Å². The predicted octanol–water partition coefficient (Wildman–Crippen LogP) is 2.31. The van der Waals surface area contributed by atoms with E-state index in [2.05, 4.69) is 9.72 Å². The second kappa shape index (κ2) is 4.81. The summed E-state index contributed by atoms with van der Waals surface area (Å²) in [7, 11) is 0. The zero-order valence-corrected chi connectivity index (χ0v) is 9.85. The number of rotatable bonds is 3. The normalized spacial score (nSPS) is 11.1. The van der Waals surface area contributed by atoms with Crippen molar-refractivity contribution in [3.8, 4) is 5.88 Å². The molecule has 1 aromatic heterocycles. The minimum Gasteiger partial charge on any atom is -0.366 e. The second-order valence-electron chi connectivity index (χ2n) is 2.61. The number of alkyl halides is 3. The van der Waals surface area contributed by atoms with E-state index in [0.29, 0.717) is 0 Å². The Balaban J connectivity index is 3.31. The highest BCUT2D eigenvalue weighted by molar-refractivity contribution is 14.1. The van der Waals surface area contributed by atoms with E-state index in [-0.39, 0.29) is 9.86 Å². The lowest BCUT2D eigenvalue weighted by atomic mass is 10.3. The Labute approximate surface area is 105 Å². The highest BCUT2D eigenvalue weighted by Gasteiger charge is 2.36. The van der Waals surface area contributed by atoms with Gasteiger partial charge in [0, 0.05) is 4.98 Å². The average molecular weight is 362 g/mol. The van der Waals surface area contributed by atoms with E-state index >= 15 is 0 Å². The lowest BCUT2D eigenvalue weighted by Gasteiger charge is -2.06. The standard InChI is InChI=1S/C7H2F3IN2O4/c8-7(9,10)17-6-3(2-14)1-4(11)5(12-6)13(15)16/h1-2H. The minimum atomic E-state index is -5.08. The lowest BCUT2D eigenvalue weighted by Crippen LogP contribution is -2.19. The first kappa shape index (κ1) is 13.6. The van der Waals surface area contributed by atoms with Gasteiger partial charge in [0.25, 0.3) is 0 Å². The fourth-order valence-corrected chi connectivity index (χ4v) is 1.53. The highest BCUT2D eigenvalue weighted by Crippen LogP contribution is 2.29. The van der Waals surface area contributed by atoms with Crippen LogP contribution in [0.3, 0.4) is 0 Å². The number of halogens is 4. The molecule has 0 atom stereocenters. The molecule has 1 rings (SSSR count). The Morgan fingerprint density at radius 3 is 2.53 bits per heavy atom. The summed E-state index contributed by atoms with van der Waals surface area (Å²) in [5.74, 6) is -1.95. The van der Waals surface area contributed by atoms with Gasteiger partial charge in [-0.1, -0.05) is 0 Å². The van der Waals surface area contributed by atoms with Crippen molar-refractivity contribution in [3.63, 3.8) is 0 Å². The lowest BCUT2D eigenvalue weighted by molar-refractivity contribution is -0.391. The molecule has 0 aromatic carbocycles. The minimum absolute atomic E-state index is 0.0655. The molecule has 0 fully saturated rings. The van der Waals surface area contributed by atoms with E-state index in [0.717, 1.165) is 6.07 Å². The van der Waals surface area contributed by atoms with E-state index in [1.54, 1.807) is 0 Å². The highest BCUT2D eigenvalue weighted by atomic mass is 127. The van der Waals surface area contributed by atoms with Crippen molar-refractivity contribution in [3.05, 3.63) is 25.3 Å². The summed E-state index contributed by atoms with van der Waals surface area (Å²) in [6, 6.07) is 0.889. The summed E-state index contributed by atoms with van der Waals surface area (Å²) in [5.41, 5.74) is -0.516. The van der Waals surface area contributed by atoms with Gasteiger partial charge in [-0.05, 0) is 33.6 Å². The summed E-state index contributed by atoms with van der Waals surface area (Å²) in [6.45, 7) is 0. The van der Waals surface area contributed by atoms with Gasteiger partial charge in [-0.3, -0.25) is 4.79 Å². The average Bonchev–Trinajstić information content (AvgIpc) is 2.17. The Morgan fingerprint density at radius 2 is 2.12 bits per heavy atom. The third kappa shape index (κ3) is 3.51. The van der Waals surface area contributed by atoms with Crippen molar-refractivity contribution >= 4 is 34.7 Å². The molecule has 17 heavy (non-hydrogen) atoms. The van der Waals surface area contributed by atoms with E-state index in [1.807, 2.05) is 0 Å². The van der Waals surface area contributed by atoms with Crippen LogP contribution in [0, 0.1) is 13.7 Å². The quantitative estimate of drug-likeness (QED) is 0.357. The fraction of sp³-hybridized carbons (Fsp3) is 0.143. The van der Waals surface area contributed by atoms with Crippen LogP contribution in [0.5, 0.6) is 5.88 Å². The van der Waals surface area contributed by atoms with E-state index in [1.165, 1.54) is 22.6 Å². The smallest absolute Gasteiger partial charge is 0.366 e. The topological polar surface area (TPSA) is 82.3 Å². The summed E-state index contributed by atoms with van der Waals surface area (Å²) in [4.78, 5) is 23.0. The van der Waals surface area contributed by atoms with Gasteiger partial charge >= 0.3 is 18.1 Å². The van der Waals surface area contributed by atoms with Crippen LogP contribution in [0.25, 0.3) is 0 Å². The Bertz CT molecular complexity index is 477. The van der Waals surface area contributed by atoms with Gasteiger partial charge in [0.05, 0.1) is 0 Å². The van der Waals surface area contributed by atoms with Gasteiger partial charge in [-0.25, -0.2) is 0 Å². The van der Waals surface area contributed by atoms with Gasteiger partial charge in [0.15, 0.2) is 6.29 Å². The Morgan fingerprint density at radius 1 is 1.53 bits per heavy atom. The van der Waals surface area contributed by atoms with E-state index < -0.39 is 28.5 Å². The maximum Gasteiger partial charge on any atom is 0.575 e. The third-order valence-electron chi connectivity index (χ3n) is 1.46. The molecule has 0 bridgehead atoms. The number of ether oxygens (including phenoxy) is 1. The molecular weight excluding hydrogens is 360 g/mol. The number of pyridine rings is 1. The molecule has 0 amide bonds. The first-order valence-electron chi connectivity index (χ1n) is 3.80. The van der Waals surface area contributed by atoms with Crippen LogP contribution in [0.4, 0.5) is 19.0 Å². The molecule has 1 heterocycles. The largest absolute Gasteiger partial charge is 0.575 e. The van der Waals surface area contributed by atoms with Crippen LogP contribution >= 0.6 is 22.6 Å². The molecule has 0 aliphatic heterocycles. The zero-order chi connectivity index (χ0) is 13.2. The van der Waals surface area contributed by atoms with Gasteiger partial charge in [0.2, 0.25) is 0 Å². The number of nitrogens with zero attached hydrogens (tertiary/aromatic N) is 2. The molecule has 0 radical (unpaired) electrons. The maximum atomic E-state index is 11.9. The summed E-state index contributed by atoms with van der Waals surface area (Å²) in [6.07, 6.45) is -5.01.